The van der Waals surface area contributed by atoms with E-state index in [2.05, 4.69) is 19.0 Å². The molecule has 1 aromatic carbocycles. The van der Waals surface area contributed by atoms with Crippen molar-refractivity contribution >= 4 is 11.5 Å². The van der Waals surface area contributed by atoms with Gasteiger partial charge in [-0.1, -0.05) is 12.1 Å². The van der Waals surface area contributed by atoms with Gasteiger partial charge in [-0.25, -0.2) is 4.39 Å². The van der Waals surface area contributed by atoms with Crippen molar-refractivity contribution in [1.82, 2.24) is 0 Å². The number of rotatable bonds is 4. The fraction of sp³-hybridized carbons (Fsp3) is 0.417. The predicted octanol–water partition coefficient (Wildman–Crippen LogP) is 2.15. The van der Waals surface area contributed by atoms with E-state index in [1.807, 2.05) is 11.9 Å². The summed E-state index contributed by atoms with van der Waals surface area (Å²) in [4.78, 5) is 1.98. The molecule has 0 radical (unpaired) electrons. The first-order valence-electron chi connectivity index (χ1n) is 5.51. The third kappa shape index (κ3) is 2.87. The maximum absolute atomic E-state index is 13.2. The Kier molecular flexibility index (Phi) is 4.31. The number of anilines is 1. The maximum Gasteiger partial charge on any atom is 0.172 e. The number of hydrogen-bond donors (Lipinski definition) is 2. The van der Waals surface area contributed by atoms with Crippen LogP contribution in [0.25, 0.3) is 0 Å². The monoisotopic (exact) mass is 239 g/mol. The summed E-state index contributed by atoms with van der Waals surface area (Å²) in [6.07, 6.45) is 0.948. The van der Waals surface area contributed by atoms with E-state index in [4.69, 9.17) is 10.9 Å². The van der Waals surface area contributed by atoms with Crippen molar-refractivity contribution in [2.24, 2.45) is 10.9 Å². The number of halogens is 1. The molecule has 0 bridgehead atoms. The Bertz CT molecular complexity index is 420. The molecule has 0 saturated heterocycles. The highest BCUT2D eigenvalue weighted by Crippen LogP contribution is 2.23. The van der Waals surface area contributed by atoms with E-state index in [1.54, 1.807) is 6.07 Å². The number of nitrogens with zero attached hydrogens (tertiary/aromatic N) is 2. The fourth-order valence-electron chi connectivity index (χ4n) is 1.59. The number of hydrogen-bond acceptors (Lipinski definition) is 3. The van der Waals surface area contributed by atoms with E-state index in [0.29, 0.717) is 5.56 Å². The highest BCUT2D eigenvalue weighted by molar-refractivity contribution is 6.02. The van der Waals surface area contributed by atoms with Gasteiger partial charge in [0, 0.05) is 24.3 Å². The van der Waals surface area contributed by atoms with E-state index in [-0.39, 0.29) is 11.9 Å². The van der Waals surface area contributed by atoms with Gasteiger partial charge in [0.1, 0.15) is 5.82 Å². The Balaban J connectivity index is 3.23. The molecule has 94 valence electrons. The number of amidine groups is 1. The Morgan fingerprint density at radius 2 is 2.24 bits per heavy atom. The molecule has 0 heterocycles. The molecule has 0 aromatic heterocycles. The zero-order valence-electron chi connectivity index (χ0n) is 10.3. The van der Waals surface area contributed by atoms with Crippen LogP contribution >= 0.6 is 0 Å². The molecule has 0 amide bonds. The predicted molar refractivity (Wildman–Crippen MR) is 67.1 cm³/mol. The molecule has 0 saturated carbocycles. The first kappa shape index (κ1) is 13.3. The number of benzene rings is 1. The molecule has 0 spiro atoms. The Morgan fingerprint density at radius 3 is 2.76 bits per heavy atom. The molecule has 17 heavy (non-hydrogen) atoms. The highest BCUT2D eigenvalue weighted by Gasteiger charge is 2.15. The summed E-state index contributed by atoms with van der Waals surface area (Å²) < 4.78 is 13.2. The van der Waals surface area contributed by atoms with Gasteiger partial charge in [0.15, 0.2) is 5.84 Å². The summed E-state index contributed by atoms with van der Waals surface area (Å²) in [5.41, 5.74) is 6.69. The van der Waals surface area contributed by atoms with Gasteiger partial charge in [0.2, 0.25) is 0 Å². The molecule has 1 unspecified atom stereocenters. The minimum Gasteiger partial charge on any atom is -0.409 e. The SMILES string of the molecule is CCC(C)N(C)c1ccc(F)cc1C(N)=NO. The maximum atomic E-state index is 13.2. The lowest BCUT2D eigenvalue weighted by atomic mass is 10.1. The van der Waals surface area contributed by atoms with Crippen molar-refractivity contribution in [3.05, 3.63) is 29.6 Å². The van der Waals surface area contributed by atoms with Crippen molar-refractivity contribution < 1.29 is 9.60 Å². The molecule has 1 rings (SSSR count). The summed E-state index contributed by atoms with van der Waals surface area (Å²) in [7, 11) is 1.90. The Labute approximate surface area is 101 Å². The fourth-order valence-corrected chi connectivity index (χ4v) is 1.59. The summed E-state index contributed by atoms with van der Waals surface area (Å²) in [5, 5.41) is 11.6. The van der Waals surface area contributed by atoms with Crippen LogP contribution in [0.4, 0.5) is 10.1 Å². The van der Waals surface area contributed by atoms with Gasteiger partial charge >= 0.3 is 0 Å². The van der Waals surface area contributed by atoms with Gasteiger partial charge in [-0.15, -0.1) is 0 Å². The lowest BCUT2D eigenvalue weighted by molar-refractivity contribution is 0.318. The van der Waals surface area contributed by atoms with Gasteiger partial charge in [0.05, 0.1) is 0 Å². The van der Waals surface area contributed by atoms with Crippen molar-refractivity contribution in [2.75, 3.05) is 11.9 Å². The third-order valence-electron chi connectivity index (χ3n) is 2.97. The van der Waals surface area contributed by atoms with Gasteiger partial charge in [-0.2, -0.15) is 0 Å². The van der Waals surface area contributed by atoms with Crippen LogP contribution < -0.4 is 10.6 Å². The van der Waals surface area contributed by atoms with E-state index in [1.165, 1.54) is 12.1 Å². The van der Waals surface area contributed by atoms with E-state index in [9.17, 15) is 4.39 Å². The summed E-state index contributed by atoms with van der Waals surface area (Å²) >= 11 is 0. The van der Waals surface area contributed by atoms with Crippen molar-refractivity contribution in [3.63, 3.8) is 0 Å². The largest absolute Gasteiger partial charge is 0.409 e. The molecule has 0 aliphatic heterocycles. The molecule has 1 aromatic rings. The van der Waals surface area contributed by atoms with Crippen LogP contribution in [0.2, 0.25) is 0 Å². The second-order valence-electron chi connectivity index (χ2n) is 4.01. The quantitative estimate of drug-likeness (QED) is 0.366. The van der Waals surface area contributed by atoms with Crippen LogP contribution in [-0.2, 0) is 0 Å². The highest BCUT2D eigenvalue weighted by atomic mass is 19.1. The molecule has 3 N–H and O–H groups in total. The molecule has 0 fully saturated rings. The van der Waals surface area contributed by atoms with Crippen molar-refractivity contribution in [1.29, 1.82) is 0 Å². The van der Waals surface area contributed by atoms with E-state index in [0.717, 1.165) is 12.1 Å². The lowest BCUT2D eigenvalue weighted by Gasteiger charge is -2.28. The normalized spacial score (nSPS) is 13.5. The second kappa shape index (κ2) is 5.52. The Hall–Kier alpha value is -1.78. The van der Waals surface area contributed by atoms with Crippen LogP contribution in [0.5, 0.6) is 0 Å². The summed E-state index contributed by atoms with van der Waals surface area (Å²) in [5.74, 6) is -0.498. The summed E-state index contributed by atoms with van der Waals surface area (Å²) in [6, 6.07) is 4.55. The van der Waals surface area contributed by atoms with E-state index >= 15 is 0 Å². The molecule has 0 aliphatic carbocycles. The molecular formula is C12H18FN3O. The van der Waals surface area contributed by atoms with Gasteiger partial charge in [-0.3, -0.25) is 0 Å². The van der Waals surface area contributed by atoms with Gasteiger partial charge in [0.25, 0.3) is 0 Å². The van der Waals surface area contributed by atoms with Crippen molar-refractivity contribution in [2.45, 2.75) is 26.3 Å². The lowest BCUT2D eigenvalue weighted by Crippen LogP contribution is -2.30. The first-order chi connectivity index (χ1) is 8.01. The van der Waals surface area contributed by atoms with Crippen LogP contribution in [0.1, 0.15) is 25.8 Å². The first-order valence-corrected chi connectivity index (χ1v) is 5.51. The average molecular weight is 239 g/mol. The second-order valence-corrected chi connectivity index (χ2v) is 4.01. The number of oxime groups is 1. The molecule has 1 atom stereocenters. The zero-order valence-corrected chi connectivity index (χ0v) is 10.3. The zero-order chi connectivity index (χ0) is 13.0. The van der Waals surface area contributed by atoms with Gasteiger partial charge in [-0.05, 0) is 31.5 Å². The molecule has 5 heteroatoms. The van der Waals surface area contributed by atoms with Crippen LogP contribution in [0.3, 0.4) is 0 Å². The van der Waals surface area contributed by atoms with Crippen molar-refractivity contribution in [3.8, 4) is 0 Å². The summed E-state index contributed by atoms with van der Waals surface area (Å²) in [6.45, 7) is 4.12. The van der Waals surface area contributed by atoms with Crippen LogP contribution in [0, 0.1) is 5.82 Å². The molecule has 0 aliphatic rings. The average Bonchev–Trinajstić information content (AvgIpc) is 2.35. The third-order valence-corrected chi connectivity index (χ3v) is 2.97. The van der Waals surface area contributed by atoms with E-state index < -0.39 is 5.82 Å². The topological polar surface area (TPSA) is 61.8 Å². The van der Waals surface area contributed by atoms with Crippen LogP contribution in [0.15, 0.2) is 23.4 Å². The standard InChI is InChI=1S/C12H18FN3O/c1-4-8(2)16(3)11-6-5-9(13)7-10(11)12(14)15-17/h5-8,17H,4H2,1-3H3,(H2,14,15). The Morgan fingerprint density at radius 1 is 1.59 bits per heavy atom. The van der Waals surface area contributed by atoms with Gasteiger partial charge < -0.3 is 15.8 Å². The molecule has 4 nitrogen and oxygen atoms in total. The van der Waals surface area contributed by atoms with Crippen LogP contribution in [-0.4, -0.2) is 24.1 Å². The molecular weight excluding hydrogens is 221 g/mol. The smallest absolute Gasteiger partial charge is 0.172 e. The number of nitrogens with two attached hydrogens (primary N) is 1. The minimum absolute atomic E-state index is 0.0883. The minimum atomic E-state index is -0.409.